The molecule has 1 atom stereocenters. The highest BCUT2D eigenvalue weighted by molar-refractivity contribution is 7.80. The minimum absolute atomic E-state index is 0.0589. The number of carbonyl (C=O) groups excluding carboxylic acids is 1. The molecule has 0 spiro atoms. The number of nitrogens with zero attached hydrogens (tertiary/aromatic N) is 1. The topological polar surface area (TPSA) is 60.0 Å². The van der Waals surface area contributed by atoms with E-state index in [9.17, 15) is 4.79 Å². The van der Waals surface area contributed by atoms with Crippen molar-refractivity contribution in [2.75, 3.05) is 27.4 Å². The molecule has 2 saturated heterocycles. The van der Waals surface area contributed by atoms with E-state index >= 15 is 0 Å². The molecule has 0 bridgehead atoms. The number of hydrogen-bond acceptors (Lipinski definition) is 5. The molecule has 0 aromatic heterocycles. The number of hydrogen-bond donors (Lipinski definition) is 1. The van der Waals surface area contributed by atoms with Crippen molar-refractivity contribution in [2.24, 2.45) is 0 Å². The Kier molecular flexibility index (Phi) is 5.01. The van der Waals surface area contributed by atoms with E-state index < -0.39 is 0 Å². The van der Waals surface area contributed by atoms with Crippen molar-refractivity contribution in [1.29, 1.82) is 0 Å². The highest BCUT2D eigenvalue weighted by Crippen LogP contribution is 2.27. The van der Waals surface area contributed by atoms with E-state index in [4.69, 9.17) is 26.4 Å². The van der Waals surface area contributed by atoms with Gasteiger partial charge in [0.2, 0.25) is 0 Å². The molecule has 2 aliphatic rings. The van der Waals surface area contributed by atoms with Crippen molar-refractivity contribution in [1.82, 2.24) is 10.2 Å². The van der Waals surface area contributed by atoms with E-state index in [2.05, 4.69) is 5.32 Å². The maximum atomic E-state index is 12.6. The fourth-order valence-corrected chi connectivity index (χ4v) is 3.09. The molecule has 3 rings (SSSR count). The van der Waals surface area contributed by atoms with Crippen molar-refractivity contribution in [3.05, 3.63) is 29.5 Å². The summed E-state index contributed by atoms with van der Waals surface area (Å²) < 4.78 is 16.1. The molecule has 1 N–H and O–H groups in total. The molecule has 6 nitrogen and oxygen atoms in total. The largest absolute Gasteiger partial charge is 0.497 e. The molecule has 0 unspecified atom stereocenters. The third-order valence-corrected chi connectivity index (χ3v) is 4.44. The summed E-state index contributed by atoms with van der Waals surface area (Å²) in [6.45, 7) is 1.24. The van der Waals surface area contributed by atoms with Crippen molar-refractivity contribution < 1.29 is 19.0 Å². The van der Waals surface area contributed by atoms with Gasteiger partial charge in [-0.3, -0.25) is 9.69 Å². The van der Waals surface area contributed by atoms with Crippen LogP contribution < -0.4 is 14.8 Å². The molecule has 2 fully saturated rings. The molecule has 2 heterocycles. The van der Waals surface area contributed by atoms with E-state index in [1.807, 2.05) is 12.1 Å². The Bertz CT molecular complexity index is 683. The van der Waals surface area contributed by atoms with Crippen molar-refractivity contribution in [3.63, 3.8) is 0 Å². The van der Waals surface area contributed by atoms with Crippen LogP contribution in [0, 0.1) is 0 Å². The Labute approximate surface area is 146 Å². The van der Waals surface area contributed by atoms with Gasteiger partial charge in [-0.05, 0) is 43.3 Å². The first-order valence-electron chi connectivity index (χ1n) is 7.80. The number of nitrogens with one attached hydrogen (secondary N) is 1. The molecule has 0 saturated carbocycles. The Hall–Kier alpha value is -2.12. The van der Waals surface area contributed by atoms with Gasteiger partial charge in [0.25, 0.3) is 5.91 Å². The molecular formula is C17H20N2O4S. The van der Waals surface area contributed by atoms with E-state index in [0.29, 0.717) is 28.9 Å². The Morgan fingerprint density at radius 3 is 2.92 bits per heavy atom. The molecule has 0 aliphatic carbocycles. The average molecular weight is 348 g/mol. The molecule has 0 radical (unpaired) electrons. The highest BCUT2D eigenvalue weighted by atomic mass is 32.1. The van der Waals surface area contributed by atoms with Gasteiger partial charge in [0.05, 0.1) is 26.9 Å². The van der Waals surface area contributed by atoms with Crippen LogP contribution in [-0.4, -0.2) is 49.4 Å². The van der Waals surface area contributed by atoms with Crippen molar-refractivity contribution >= 4 is 29.3 Å². The summed E-state index contributed by atoms with van der Waals surface area (Å²) in [7, 11) is 3.17. The molecule has 1 aromatic rings. The van der Waals surface area contributed by atoms with Crippen molar-refractivity contribution in [3.8, 4) is 11.5 Å². The van der Waals surface area contributed by atoms with Gasteiger partial charge in [-0.15, -0.1) is 0 Å². The lowest BCUT2D eigenvalue weighted by atomic mass is 10.1. The maximum Gasteiger partial charge on any atom is 0.276 e. The SMILES string of the molecule is COc1ccc(/C=C2/NC(=S)N(C[C@H]3CCCO3)C2=O)c(OC)c1. The predicted octanol–water partition coefficient (Wildman–Crippen LogP) is 1.94. The zero-order valence-corrected chi connectivity index (χ0v) is 14.5. The van der Waals surface area contributed by atoms with E-state index in [1.54, 1.807) is 31.3 Å². The summed E-state index contributed by atoms with van der Waals surface area (Å²) in [6.07, 6.45) is 3.78. The molecular weight excluding hydrogens is 328 g/mol. The number of ether oxygens (including phenoxy) is 3. The average Bonchev–Trinajstić information content (AvgIpc) is 3.19. The predicted molar refractivity (Wildman–Crippen MR) is 93.9 cm³/mol. The number of methoxy groups -OCH3 is 2. The zero-order chi connectivity index (χ0) is 17.1. The van der Waals surface area contributed by atoms with Gasteiger partial charge in [-0.1, -0.05) is 0 Å². The fourth-order valence-electron chi connectivity index (χ4n) is 2.82. The standard InChI is InChI=1S/C17H20N2O4S/c1-21-12-6-5-11(15(9-12)22-2)8-14-16(20)19(17(24)18-14)10-13-4-3-7-23-13/h5-6,8-9,13H,3-4,7,10H2,1-2H3,(H,18,24)/b14-8+/t13-/m1/s1. The lowest BCUT2D eigenvalue weighted by Gasteiger charge is -2.18. The number of rotatable bonds is 5. The molecule has 128 valence electrons. The van der Waals surface area contributed by atoms with Crippen LogP contribution in [-0.2, 0) is 9.53 Å². The Morgan fingerprint density at radius 1 is 1.42 bits per heavy atom. The van der Waals surface area contributed by atoms with Gasteiger partial charge >= 0.3 is 0 Å². The number of carbonyl (C=O) groups is 1. The lowest BCUT2D eigenvalue weighted by molar-refractivity contribution is -0.123. The smallest absolute Gasteiger partial charge is 0.276 e. The monoisotopic (exact) mass is 348 g/mol. The normalized spacial score (nSPS) is 22.2. The molecule has 2 aliphatic heterocycles. The molecule has 7 heteroatoms. The minimum Gasteiger partial charge on any atom is -0.497 e. The van der Waals surface area contributed by atoms with E-state index in [-0.39, 0.29) is 12.0 Å². The van der Waals surface area contributed by atoms with Gasteiger partial charge in [0.15, 0.2) is 5.11 Å². The quantitative estimate of drug-likeness (QED) is 0.648. The van der Waals surface area contributed by atoms with Crippen LogP contribution in [0.2, 0.25) is 0 Å². The number of thiocarbonyl (C=S) groups is 1. The summed E-state index contributed by atoms with van der Waals surface area (Å²) >= 11 is 5.29. The van der Waals surface area contributed by atoms with Crippen LogP contribution in [0.1, 0.15) is 18.4 Å². The number of benzene rings is 1. The summed E-state index contributed by atoms with van der Waals surface area (Å²) in [5, 5.41) is 3.39. The zero-order valence-electron chi connectivity index (χ0n) is 13.7. The second-order valence-corrected chi connectivity index (χ2v) is 6.03. The van der Waals surface area contributed by atoms with Gasteiger partial charge in [-0.25, -0.2) is 0 Å². The van der Waals surface area contributed by atoms with Crippen LogP contribution in [0.4, 0.5) is 0 Å². The van der Waals surface area contributed by atoms with Gasteiger partial charge in [0.1, 0.15) is 17.2 Å². The van der Waals surface area contributed by atoms with Crippen LogP contribution in [0.5, 0.6) is 11.5 Å². The molecule has 1 aromatic carbocycles. The van der Waals surface area contributed by atoms with Crippen LogP contribution >= 0.6 is 12.2 Å². The van der Waals surface area contributed by atoms with E-state index in [1.165, 1.54) is 0 Å². The lowest BCUT2D eigenvalue weighted by Crippen LogP contribution is -2.37. The van der Waals surface area contributed by atoms with Crippen LogP contribution in [0.15, 0.2) is 23.9 Å². The third-order valence-electron chi connectivity index (χ3n) is 4.11. The highest BCUT2D eigenvalue weighted by Gasteiger charge is 2.33. The summed E-state index contributed by atoms with van der Waals surface area (Å²) in [6, 6.07) is 5.43. The first-order valence-corrected chi connectivity index (χ1v) is 8.21. The maximum absolute atomic E-state index is 12.6. The molecule has 24 heavy (non-hydrogen) atoms. The van der Waals surface area contributed by atoms with Gasteiger partial charge < -0.3 is 19.5 Å². The van der Waals surface area contributed by atoms with Crippen LogP contribution in [0.3, 0.4) is 0 Å². The molecule has 1 amide bonds. The van der Waals surface area contributed by atoms with Crippen molar-refractivity contribution in [2.45, 2.75) is 18.9 Å². The van der Waals surface area contributed by atoms with E-state index in [0.717, 1.165) is 25.0 Å². The first kappa shape index (κ1) is 16.7. The summed E-state index contributed by atoms with van der Waals surface area (Å²) in [5.41, 5.74) is 1.21. The summed E-state index contributed by atoms with van der Waals surface area (Å²) in [5.74, 6) is 1.17. The van der Waals surface area contributed by atoms with Gasteiger partial charge in [0, 0.05) is 18.2 Å². The number of amides is 1. The summed E-state index contributed by atoms with van der Waals surface area (Å²) in [4.78, 5) is 14.2. The fraction of sp³-hybridized carbons (Fsp3) is 0.412. The van der Waals surface area contributed by atoms with Gasteiger partial charge in [-0.2, -0.15) is 0 Å². The second kappa shape index (κ2) is 7.19. The second-order valence-electron chi connectivity index (χ2n) is 5.65. The minimum atomic E-state index is -0.145. The first-order chi connectivity index (χ1) is 11.6. The van der Waals surface area contributed by atoms with Crippen LogP contribution in [0.25, 0.3) is 6.08 Å². The Balaban J connectivity index is 1.80. The third kappa shape index (κ3) is 3.37. The Morgan fingerprint density at radius 2 is 2.25 bits per heavy atom.